The van der Waals surface area contributed by atoms with Gasteiger partial charge in [0.2, 0.25) is 0 Å². The van der Waals surface area contributed by atoms with E-state index in [2.05, 4.69) is 241 Å². The van der Waals surface area contributed by atoms with Crippen LogP contribution in [-0.4, -0.2) is 0 Å². The number of hydrogen-bond acceptors (Lipinski definition) is 2. The Bertz CT molecular complexity index is 3320. The Morgan fingerprint density at radius 1 is 0.302 bits per heavy atom. The Balaban J connectivity index is 1.08. The Kier molecular flexibility index (Phi) is 8.76. The van der Waals surface area contributed by atoms with E-state index in [9.17, 15) is 0 Å². The zero-order valence-electron chi connectivity index (χ0n) is 34.5. The Morgan fingerprint density at radius 3 is 1.35 bits per heavy atom. The van der Waals surface area contributed by atoms with Crippen LogP contribution in [0.5, 0.6) is 0 Å². The summed E-state index contributed by atoms with van der Waals surface area (Å²) in [5.74, 6) is 0. The molecule has 0 saturated carbocycles. The van der Waals surface area contributed by atoms with Gasteiger partial charge < -0.3 is 9.32 Å². The van der Waals surface area contributed by atoms with Gasteiger partial charge in [0.1, 0.15) is 11.2 Å². The lowest BCUT2D eigenvalue weighted by molar-refractivity contribution is 0.670. The molecule has 1 aliphatic rings. The summed E-state index contributed by atoms with van der Waals surface area (Å²) in [6.07, 6.45) is 0. The molecule has 11 aromatic rings. The first-order chi connectivity index (χ1) is 31.3. The van der Waals surface area contributed by atoms with E-state index in [0.29, 0.717) is 0 Å². The van der Waals surface area contributed by atoms with Gasteiger partial charge in [-0.3, -0.25) is 0 Å². The summed E-state index contributed by atoms with van der Waals surface area (Å²) in [5.41, 5.74) is 19.0. The number of hydrogen-bond donors (Lipinski definition) is 0. The highest BCUT2D eigenvalue weighted by Gasteiger charge is 2.45. The van der Waals surface area contributed by atoms with E-state index in [1.807, 2.05) is 12.1 Å². The molecular weight excluding hydrogens is 763 g/mol. The Labute approximate surface area is 367 Å². The predicted molar refractivity (Wildman–Crippen MR) is 262 cm³/mol. The van der Waals surface area contributed by atoms with Crippen LogP contribution in [-0.2, 0) is 5.41 Å². The summed E-state index contributed by atoms with van der Waals surface area (Å²) in [4.78, 5) is 2.45. The fourth-order valence-electron chi connectivity index (χ4n) is 10.2. The number of nitrogens with zero attached hydrogens (tertiary/aromatic N) is 1. The molecule has 2 nitrogen and oxygen atoms in total. The van der Waals surface area contributed by atoms with Crippen molar-refractivity contribution in [1.29, 1.82) is 0 Å². The first kappa shape index (κ1) is 36.6. The Hall–Kier alpha value is -8.20. The molecule has 0 saturated heterocycles. The van der Waals surface area contributed by atoms with Crippen molar-refractivity contribution >= 4 is 39.0 Å². The number of anilines is 3. The number of para-hydroxylation sites is 3. The summed E-state index contributed by atoms with van der Waals surface area (Å²) >= 11 is 0. The molecular formula is C61H41NO. The molecule has 2 heteroatoms. The molecule has 0 N–H and O–H groups in total. The molecule has 296 valence electrons. The van der Waals surface area contributed by atoms with Crippen LogP contribution >= 0.6 is 0 Å². The third-order valence-electron chi connectivity index (χ3n) is 13.0. The summed E-state index contributed by atoms with van der Waals surface area (Å²) in [6.45, 7) is 0. The van der Waals surface area contributed by atoms with Gasteiger partial charge in [0.25, 0.3) is 0 Å². The van der Waals surface area contributed by atoms with Crippen LogP contribution in [0.2, 0.25) is 0 Å². The summed E-state index contributed by atoms with van der Waals surface area (Å²) in [6, 6.07) is 90.2. The van der Waals surface area contributed by atoms with Crippen molar-refractivity contribution in [3.63, 3.8) is 0 Å². The minimum absolute atomic E-state index is 0.492. The number of furan rings is 1. The smallest absolute Gasteiger partial charge is 0.143 e. The molecule has 0 radical (unpaired) electrons. The van der Waals surface area contributed by atoms with E-state index in [4.69, 9.17) is 4.42 Å². The maximum Gasteiger partial charge on any atom is 0.143 e. The van der Waals surface area contributed by atoms with E-state index in [-0.39, 0.29) is 0 Å². The maximum atomic E-state index is 6.51. The summed E-state index contributed by atoms with van der Waals surface area (Å²) in [5, 5.41) is 2.25. The van der Waals surface area contributed by atoms with Crippen LogP contribution in [0.1, 0.15) is 22.3 Å². The van der Waals surface area contributed by atoms with Crippen LogP contribution in [0.25, 0.3) is 66.4 Å². The van der Waals surface area contributed by atoms with Gasteiger partial charge in [-0.25, -0.2) is 0 Å². The third kappa shape index (κ3) is 5.87. The van der Waals surface area contributed by atoms with Gasteiger partial charge in [-0.05, 0) is 80.4 Å². The third-order valence-corrected chi connectivity index (χ3v) is 13.0. The highest BCUT2D eigenvalue weighted by molar-refractivity contribution is 6.09. The van der Waals surface area contributed by atoms with Crippen LogP contribution < -0.4 is 4.90 Å². The second kappa shape index (κ2) is 15.1. The van der Waals surface area contributed by atoms with E-state index in [1.165, 1.54) is 33.4 Å². The molecule has 0 amide bonds. The zero-order chi connectivity index (χ0) is 41.7. The number of benzene rings is 10. The molecule has 0 unspecified atom stereocenters. The van der Waals surface area contributed by atoms with Gasteiger partial charge in [-0.1, -0.05) is 218 Å². The van der Waals surface area contributed by atoms with Crippen molar-refractivity contribution in [2.45, 2.75) is 5.41 Å². The molecule has 0 atom stereocenters. The van der Waals surface area contributed by atoms with Crippen molar-refractivity contribution < 1.29 is 4.42 Å². The van der Waals surface area contributed by atoms with Crippen molar-refractivity contribution in [2.24, 2.45) is 0 Å². The SMILES string of the molecule is c1ccc(-c2cccc(-c3ccccc3)c2N(c2ccc(-c3cccc4c3oc3ccccc34)cc2)c2ccc(C3(c4ccccc4)c4ccccc4-c4ccccc43)cc2)cc1. The average molecular weight is 804 g/mol. The molecule has 0 fully saturated rings. The Morgan fingerprint density at radius 2 is 0.730 bits per heavy atom. The fraction of sp³-hybridized carbons (Fsp3) is 0.0164. The standard InChI is InChI=1S/C61H41NO/c1-4-18-42(19-5-1)49-27-16-28-50(43-20-6-2-7-21-43)59(49)62(47-38-34-44(35-39-47)51-29-17-30-55-54-26-12-15-33-58(54)63-60(51)55)48-40-36-46(37-41-48)61(45-22-8-3-9-23-45)56-31-13-10-24-52(56)53-25-11-14-32-57(53)61/h1-41H. The normalized spacial score (nSPS) is 12.6. The van der Waals surface area contributed by atoms with Gasteiger partial charge in [-0.15, -0.1) is 0 Å². The minimum Gasteiger partial charge on any atom is -0.455 e. The van der Waals surface area contributed by atoms with Crippen LogP contribution in [0.15, 0.2) is 253 Å². The lowest BCUT2D eigenvalue weighted by atomic mass is 9.67. The molecule has 0 bridgehead atoms. The van der Waals surface area contributed by atoms with Crippen LogP contribution in [0.3, 0.4) is 0 Å². The second-order valence-electron chi connectivity index (χ2n) is 16.4. The van der Waals surface area contributed by atoms with Crippen molar-refractivity contribution in [3.8, 4) is 44.5 Å². The number of rotatable bonds is 8. The average Bonchev–Trinajstić information content (AvgIpc) is 3.90. The van der Waals surface area contributed by atoms with Crippen molar-refractivity contribution in [3.05, 3.63) is 271 Å². The largest absolute Gasteiger partial charge is 0.455 e. The highest BCUT2D eigenvalue weighted by Crippen LogP contribution is 2.56. The molecule has 0 aliphatic heterocycles. The van der Waals surface area contributed by atoms with Crippen LogP contribution in [0, 0.1) is 0 Å². The zero-order valence-corrected chi connectivity index (χ0v) is 34.5. The van der Waals surface area contributed by atoms with E-state index < -0.39 is 5.41 Å². The molecule has 0 spiro atoms. The predicted octanol–water partition coefficient (Wildman–Crippen LogP) is 16.4. The monoisotopic (exact) mass is 803 g/mol. The molecule has 1 aromatic heterocycles. The van der Waals surface area contributed by atoms with E-state index >= 15 is 0 Å². The lowest BCUT2D eigenvalue weighted by Crippen LogP contribution is -2.28. The molecule has 12 rings (SSSR count). The summed E-state index contributed by atoms with van der Waals surface area (Å²) in [7, 11) is 0. The summed E-state index contributed by atoms with van der Waals surface area (Å²) < 4.78 is 6.51. The maximum absolute atomic E-state index is 6.51. The molecule has 63 heavy (non-hydrogen) atoms. The van der Waals surface area contributed by atoms with Crippen molar-refractivity contribution in [1.82, 2.24) is 0 Å². The van der Waals surface area contributed by atoms with Crippen LogP contribution in [0.4, 0.5) is 17.1 Å². The number of fused-ring (bicyclic) bond motifs is 6. The molecule has 1 heterocycles. The van der Waals surface area contributed by atoms with E-state index in [0.717, 1.165) is 72.4 Å². The first-order valence-electron chi connectivity index (χ1n) is 21.7. The topological polar surface area (TPSA) is 16.4 Å². The molecule has 1 aliphatic carbocycles. The quantitative estimate of drug-likeness (QED) is 0.152. The highest BCUT2D eigenvalue weighted by atomic mass is 16.3. The van der Waals surface area contributed by atoms with Gasteiger partial charge >= 0.3 is 0 Å². The van der Waals surface area contributed by atoms with Gasteiger partial charge in [-0.2, -0.15) is 0 Å². The fourth-order valence-corrected chi connectivity index (χ4v) is 10.2. The second-order valence-corrected chi connectivity index (χ2v) is 16.4. The van der Waals surface area contributed by atoms with E-state index in [1.54, 1.807) is 0 Å². The van der Waals surface area contributed by atoms with Gasteiger partial charge in [0.15, 0.2) is 0 Å². The van der Waals surface area contributed by atoms with Gasteiger partial charge in [0.05, 0.1) is 11.1 Å². The minimum atomic E-state index is -0.492. The van der Waals surface area contributed by atoms with Gasteiger partial charge in [0, 0.05) is 38.8 Å². The molecule has 10 aromatic carbocycles. The first-order valence-corrected chi connectivity index (χ1v) is 21.7. The van der Waals surface area contributed by atoms with Crippen molar-refractivity contribution in [2.75, 3.05) is 4.90 Å². The lowest BCUT2D eigenvalue weighted by Gasteiger charge is -2.35.